The van der Waals surface area contributed by atoms with Crippen molar-refractivity contribution in [3.05, 3.63) is 65.7 Å². The average molecular weight is 420 g/mol. The van der Waals surface area contributed by atoms with Gasteiger partial charge in [-0.05, 0) is 49.6 Å². The highest BCUT2D eigenvalue weighted by Gasteiger charge is 2.48. The van der Waals surface area contributed by atoms with E-state index in [4.69, 9.17) is 0 Å². The Hall–Kier alpha value is -3.22. The topological polar surface area (TPSA) is 67.2 Å². The van der Waals surface area contributed by atoms with Crippen LogP contribution in [0.4, 0.5) is 4.39 Å². The number of para-hydroxylation sites is 2. The number of halogens is 1. The van der Waals surface area contributed by atoms with E-state index in [0.717, 1.165) is 42.3 Å². The predicted molar refractivity (Wildman–Crippen MR) is 115 cm³/mol. The molecule has 3 aromatic rings. The number of amides is 2. The normalized spacial score (nSPS) is 21.5. The maximum atomic E-state index is 13.6. The van der Waals surface area contributed by atoms with E-state index in [0.29, 0.717) is 12.4 Å². The maximum Gasteiger partial charge on any atom is 0.291 e. The smallest absolute Gasteiger partial charge is 0.291 e. The van der Waals surface area contributed by atoms with Crippen LogP contribution in [0.1, 0.15) is 48.8 Å². The molecule has 0 radical (unpaired) electrons. The van der Waals surface area contributed by atoms with E-state index < -0.39 is 5.54 Å². The first-order chi connectivity index (χ1) is 15.0. The van der Waals surface area contributed by atoms with Crippen molar-refractivity contribution in [3.8, 4) is 0 Å². The van der Waals surface area contributed by atoms with E-state index >= 15 is 0 Å². The fraction of sp³-hybridized carbons (Fsp3) is 0.375. The summed E-state index contributed by atoms with van der Waals surface area (Å²) in [4.78, 5) is 33.3. The summed E-state index contributed by atoms with van der Waals surface area (Å²) in [6.07, 6.45) is 4.15. The van der Waals surface area contributed by atoms with Crippen molar-refractivity contribution in [2.24, 2.45) is 0 Å². The minimum atomic E-state index is -1.09. The number of carbonyl (C=O) groups excluding carboxylic acids is 2. The van der Waals surface area contributed by atoms with Crippen LogP contribution in [0.2, 0.25) is 0 Å². The molecule has 1 aliphatic heterocycles. The van der Waals surface area contributed by atoms with Crippen molar-refractivity contribution in [3.63, 3.8) is 0 Å². The summed E-state index contributed by atoms with van der Waals surface area (Å²) in [6, 6.07) is 13.8. The number of nitrogens with zero attached hydrogens (tertiary/aromatic N) is 3. The molecule has 1 atom stereocenters. The Bertz CT molecular complexity index is 1150. The lowest BCUT2D eigenvalue weighted by Crippen LogP contribution is -2.64. The number of hydrogen-bond donors (Lipinski definition) is 1. The molecule has 1 saturated carbocycles. The van der Waals surface area contributed by atoms with Crippen LogP contribution in [-0.2, 0) is 17.9 Å². The molecule has 31 heavy (non-hydrogen) atoms. The molecule has 0 unspecified atom stereocenters. The third-order valence-corrected chi connectivity index (χ3v) is 6.59. The van der Waals surface area contributed by atoms with E-state index in [9.17, 15) is 14.0 Å². The number of nitrogens with one attached hydrogen (secondary N) is 1. The van der Waals surface area contributed by atoms with Crippen LogP contribution in [0.15, 0.2) is 48.5 Å². The highest BCUT2D eigenvalue weighted by molar-refractivity contribution is 6.01. The molecule has 160 valence electrons. The molecular formula is C24H25FN4O2. The lowest BCUT2D eigenvalue weighted by molar-refractivity contribution is -0.133. The molecule has 0 saturated heterocycles. The SMILES string of the molecule is C[C@@]1(C(=O)NC2CCCC2)Cn2c(nc3ccccc32)C(=O)N1Cc1ccc(F)cc1. The average Bonchev–Trinajstić information content (AvgIpc) is 3.40. The number of rotatable bonds is 4. The van der Waals surface area contributed by atoms with E-state index in [2.05, 4.69) is 10.3 Å². The number of aromatic nitrogens is 2. The third kappa shape index (κ3) is 3.38. The summed E-state index contributed by atoms with van der Waals surface area (Å²) in [6.45, 7) is 2.33. The second-order valence-electron chi connectivity index (χ2n) is 8.76. The van der Waals surface area contributed by atoms with Gasteiger partial charge in [0, 0.05) is 12.6 Å². The molecule has 0 spiro atoms. The Labute approximate surface area is 180 Å². The van der Waals surface area contributed by atoms with Crippen molar-refractivity contribution < 1.29 is 14.0 Å². The van der Waals surface area contributed by atoms with Crippen molar-refractivity contribution in [1.82, 2.24) is 19.8 Å². The van der Waals surface area contributed by atoms with Crippen LogP contribution < -0.4 is 5.32 Å². The van der Waals surface area contributed by atoms with Gasteiger partial charge in [0.25, 0.3) is 5.91 Å². The molecule has 1 N–H and O–H groups in total. The van der Waals surface area contributed by atoms with Crippen LogP contribution in [0.3, 0.4) is 0 Å². The van der Waals surface area contributed by atoms with Crippen molar-refractivity contribution in [1.29, 1.82) is 0 Å². The molecule has 2 heterocycles. The van der Waals surface area contributed by atoms with Gasteiger partial charge >= 0.3 is 0 Å². The molecular weight excluding hydrogens is 395 g/mol. The molecule has 1 aromatic heterocycles. The largest absolute Gasteiger partial charge is 0.351 e. The molecule has 6 nitrogen and oxygen atoms in total. The van der Waals surface area contributed by atoms with Gasteiger partial charge in [0.15, 0.2) is 5.82 Å². The Morgan fingerprint density at radius 3 is 2.61 bits per heavy atom. The summed E-state index contributed by atoms with van der Waals surface area (Å²) in [7, 11) is 0. The number of fused-ring (bicyclic) bond motifs is 3. The molecule has 7 heteroatoms. The summed E-state index contributed by atoms with van der Waals surface area (Å²) >= 11 is 0. The summed E-state index contributed by atoms with van der Waals surface area (Å²) < 4.78 is 15.3. The summed E-state index contributed by atoms with van der Waals surface area (Å²) in [5.74, 6) is -0.458. The fourth-order valence-electron chi connectivity index (χ4n) is 4.76. The quantitative estimate of drug-likeness (QED) is 0.701. The summed E-state index contributed by atoms with van der Waals surface area (Å²) in [5, 5.41) is 3.18. The Morgan fingerprint density at radius 1 is 1.16 bits per heavy atom. The van der Waals surface area contributed by atoms with Gasteiger partial charge in [-0.15, -0.1) is 0 Å². The lowest BCUT2D eigenvalue weighted by atomic mass is 9.93. The standard InChI is InChI=1S/C24H25FN4O2/c1-24(23(31)26-18-6-2-3-7-18)15-28-20-9-5-4-8-19(20)27-21(28)22(30)29(24)14-16-10-12-17(25)13-11-16/h4-5,8-13,18H,2-3,6-7,14-15H2,1H3,(H,26,31)/t24-/m0/s1. The van der Waals surface area contributed by atoms with Gasteiger partial charge in [-0.3, -0.25) is 9.59 Å². The van der Waals surface area contributed by atoms with Gasteiger partial charge in [0.2, 0.25) is 5.91 Å². The van der Waals surface area contributed by atoms with Crippen LogP contribution in [0.25, 0.3) is 11.0 Å². The van der Waals surface area contributed by atoms with Crippen LogP contribution in [0.5, 0.6) is 0 Å². The zero-order chi connectivity index (χ0) is 21.6. The Kier molecular flexibility index (Phi) is 4.76. The number of hydrogen-bond acceptors (Lipinski definition) is 3. The van der Waals surface area contributed by atoms with Gasteiger partial charge in [0.05, 0.1) is 17.6 Å². The number of carbonyl (C=O) groups is 2. The first-order valence-corrected chi connectivity index (χ1v) is 10.8. The molecule has 1 fully saturated rings. The number of imidazole rings is 1. The second-order valence-corrected chi connectivity index (χ2v) is 8.76. The van der Waals surface area contributed by atoms with Gasteiger partial charge < -0.3 is 14.8 Å². The minimum Gasteiger partial charge on any atom is -0.351 e. The van der Waals surface area contributed by atoms with Crippen molar-refractivity contribution >= 4 is 22.8 Å². The third-order valence-electron chi connectivity index (χ3n) is 6.59. The van der Waals surface area contributed by atoms with Gasteiger partial charge in [-0.2, -0.15) is 0 Å². The molecule has 0 bridgehead atoms. The van der Waals surface area contributed by atoms with E-state index in [1.807, 2.05) is 35.8 Å². The van der Waals surface area contributed by atoms with E-state index in [1.54, 1.807) is 17.0 Å². The molecule has 2 amide bonds. The molecule has 2 aromatic carbocycles. The zero-order valence-corrected chi connectivity index (χ0v) is 17.5. The number of benzene rings is 2. The van der Waals surface area contributed by atoms with E-state index in [1.165, 1.54) is 12.1 Å². The fourth-order valence-corrected chi connectivity index (χ4v) is 4.76. The Morgan fingerprint density at radius 2 is 1.87 bits per heavy atom. The van der Waals surface area contributed by atoms with Crippen molar-refractivity contribution in [2.75, 3.05) is 0 Å². The summed E-state index contributed by atoms with van der Waals surface area (Å²) in [5.41, 5.74) is 1.24. The predicted octanol–water partition coefficient (Wildman–Crippen LogP) is 3.65. The second kappa shape index (κ2) is 7.48. The Balaban J connectivity index is 1.56. The minimum absolute atomic E-state index is 0.146. The van der Waals surface area contributed by atoms with Gasteiger partial charge in [-0.1, -0.05) is 37.1 Å². The lowest BCUT2D eigenvalue weighted by Gasteiger charge is -2.44. The maximum absolute atomic E-state index is 13.6. The van der Waals surface area contributed by atoms with Gasteiger partial charge in [-0.25, -0.2) is 9.37 Å². The van der Waals surface area contributed by atoms with Gasteiger partial charge in [0.1, 0.15) is 11.4 Å². The highest BCUT2D eigenvalue weighted by Crippen LogP contribution is 2.32. The highest BCUT2D eigenvalue weighted by atomic mass is 19.1. The first kappa shape index (κ1) is 19.7. The van der Waals surface area contributed by atoms with Crippen LogP contribution in [-0.4, -0.2) is 37.8 Å². The monoisotopic (exact) mass is 420 g/mol. The van der Waals surface area contributed by atoms with Crippen LogP contribution in [0, 0.1) is 5.82 Å². The first-order valence-electron chi connectivity index (χ1n) is 10.8. The van der Waals surface area contributed by atoms with E-state index in [-0.39, 0.29) is 30.2 Å². The zero-order valence-electron chi connectivity index (χ0n) is 17.5. The molecule has 5 rings (SSSR count). The van der Waals surface area contributed by atoms with Crippen molar-refractivity contribution in [2.45, 2.75) is 57.3 Å². The van der Waals surface area contributed by atoms with Crippen LogP contribution >= 0.6 is 0 Å². The molecule has 2 aliphatic rings. The molecule has 1 aliphatic carbocycles.